The standard InChI is InChI=1S/C8H6F3N3O4/c9-8(10,11)6-1-4(12-3-7(15)16)5(2-13-6)14(17)18/h1-2H,3H2,(H,12,13)(H,15,16). The number of nitrogens with one attached hydrogen (secondary N) is 1. The first-order valence-electron chi connectivity index (χ1n) is 4.39. The number of nitrogens with zero attached hydrogens (tertiary/aromatic N) is 2. The fourth-order valence-electron chi connectivity index (χ4n) is 1.06. The molecule has 0 atom stereocenters. The van der Waals surface area contributed by atoms with E-state index in [-0.39, 0.29) is 0 Å². The van der Waals surface area contributed by atoms with Gasteiger partial charge in [-0.15, -0.1) is 0 Å². The van der Waals surface area contributed by atoms with Gasteiger partial charge in [0.15, 0.2) is 0 Å². The zero-order valence-electron chi connectivity index (χ0n) is 8.56. The van der Waals surface area contributed by atoms with E-state index in [0.717, 1.165) is 0 Å². The van der Waals surface area contributed by atoms with Crippen LogP contribution in [0.2, 0.25) is 0 Å². The molecule has 0 aliphatic rings. The summed E-state index contributed by atoms with van der Waals surface area (Å²) in [7, 11) is 0. The van der Waals surface area contributed by atoms with Crippen LogP contribution in [0.5, 0.6) is 0 Å². The zero-order chi connectivity index (χ0) is 13.9. The van der Waals surface area contributed by atoms with E-state index in [4.69, 9.17) is 5.11 Å². The van der Waals surface area contributed by atoms with Gasteiger partial charge in [0, 0.05) is 0 Å². The van der Waals surface area contributed by atoms with Gasteiger partial charge in [0.2, 0.25) is 0 Å². The lowest BCUT2D eigenvalue weighted by Gasteiger charge is -2.09. The number of carbonyl (C=O) groups is 1. The quantitative estimate of drug-likeness (QED) is 0.631. The van der Waals surface area contributed by atoms with Crippen LogP contribution in [0.25, 0.3) is 0 Å². The minimum atomic E-state index is -4.77. The van der Waals surface area contributed by atoms with E-state index in [0.29, 0.717) is 12.3 Å². The van der Waals surface area contributed by atoms with Crippen molar-refractivity contribution in [2.75, 3.05) is 11.9 Å². The zero-order valence-corrected chi connectivity index (χ0v) is 8.56. The molecule has 0 unspecified atom stereocenters. The lowest BCUT2D eigenvalue weighted by atomic mass is 10.2. The van der Waals surface area contributed by atoms with Gasteiger partial charge in [0.25, 0.3) is 0 Å². The van der Waals surface area contributed by atoms with E-state index in [2.05, 4.69) is 4.98 Å². The van der Waals surface area contributed by atoms with Crippen molar-refractivity contribution in [2.24, 2.45) is 0 Å². The second kappa shape index (κ2) is 4.85. The molecule has 1 aromatic heterocycles. The van der Waals surface area contributed by atoms with Crippen molar-refractivity contribution >= 4 is 17.3 Å². The Labute approximate surface area is 97.4 Å². The molecule has 0 radical (unpaired) electrons. The fourth-order valence-corrected chi connectivity index (χ4v) is 1.06. The Kier molecular flexibility index (Phi) is 3.69. The smallest absolute Gasteiger partial charge is 0.433 e. The lowest BCUT2D eigenvalue weighted by molar-refractivity contribution is -0.384. The van der Waals surface area contributed by atoms with Gasteiger partial charge in [0.1, 0.15) is 24.1 Å². The molecule has 2 N–H and O–H groups in total. The number of aliphatic carboxylic acids is 1. The molecule has 0 aliphatic heterocycles. The maximum absolute atomic E-state index is 12.3. The first-order chi connectivity index (χ1) is 8.21. The topological polar surface area (TPSA) is 105 Å². The summed E-state index contributed by atoms with van der Waals surface area (Å²) in [5, 5.41) is 20.9. The van der Waals surface area contributed by atoms with Crippen LogP contribution >= 0.6 is 0 Å². The Hall–Kier alpha value is -2.39. The number of halogens is 3. The molecule has 0 saturated heterocycles. The molecule has 1 rings (SSSR count). The molecule has 0 aliphatic carbocycles. The Bertz CT molecular complexity index is 489. The van der Waals surface area contributed by atoms with Gasteiger partial charge in [-0.2, -0.15) is 13.2 Å². The van der Waals surface area contributed by atoms with Gasteiger partial charge >= 0.3 is 17.8 Å². The van der Waals surface area contributed by atoms with Crippen LogP contribution in [0.3, 0.4) is 0 Å². The summed E-state index contributed by atoms with van der Waals surface area (Å²) >= 11 is 0. The number of alkyl halides is 3. The summed E-state index contributed by atoms with van der Waals surface area (Å²) in [5.41, 5.74) is -2.63. The van der Waals surface area contributed by atoms with Gasteiger partial charge in [-0.1, -0.05) is 0 Å². The number of carboxylic acids is 1. The van der Waals surface area contributed by atoms with Crippen LogP contribution in [-0.4, -0.2) is 27.5 Å². The summed E-state index contributed by atoms with van der Waals surface area (Å²) in [6.07, 6.45) is -4.35. The normalized spacial score (nSPS) is 11.1. The van der Waals surface area contributed by atoms with Crippen molar-refractivity contribution in [1.29, 1.82) is 0 Å². The number of nitro groups is 1. The maximum Gasteiger partial charge on any atom is 0.433 e. The van der Waals surface area contributed by atoms with Crippen LogP contribution in [0, 0.1) is 10.1 Å². The molecule has 10 heteroatoms. The highest BCUT2D eigenvalue weighted by Gasteiger charge is 2.34. The predicted molar refractivity (Wildman–Crippen MR) is 52.0 cm³/mol. The van der Waals surface area contributed by atoms with E-state index in [1.54, 1.807) is 0 Å². The van der Waals surface area contributed by atoms with Gasteiger partial charge in [-0.05, 0) is 6.07 Å². The van der Waals surface area contributed by atoms with Crippen LogP contribution in [0.15, 0.2) is 12.3 Å². The van der Waals surface area contributed by atoms with Crippen molar-refractivity contribution in [3.63, 3.8) is 0 Å². The van der Waals surface area contributed by atoms with Crippen LogP contribution in [0.4, 0.5) is 24.5 Å². The SMILES string of the molecule is O=C(O)CNc1cc(C(F)(F)F)ncc1[N+](=O)[O-]. The van der Waals surface area contributed by atoms with Crippen molar-refractivity contribution in [2.45, 2.75) is 6.18 Å². The third-order valence-corrected chi connectivity index (χ3v) is 1.80. The second-order valence-electron chi connectivity index (χ2n) is 3.09. The third kappa shape index (κ3) is 3.30. The van der Waals surface area contributed by atoms with Crippen LogP contribution in [0.1, 0.15) is 5.69 Å². The highest BCUT2D eigenvalue weighted by Crippen LogP contribution is 2.32. The summed E-state index contributed by atoms with van der Waals surface area (Å²) < 4.78 is 37.0. The summed E-state index contributed by atoms with van der Waals surface area (Å²) in [4.78, 5) is 22.7. The van der Waals surface area contributed by atoms with Crippen LogP contribution < -0.4 is 5.32 Å². The maximum atomic E-state index is 12.3. The van der Waals surface area contributed by atoms with E-state index in [1.165, 1.54) is 0 Å². The molecule has 0 amide bonds. The number of hydrogen-bond donors (Lipinski definition) is 2. The first-order valence-corrected chi connectivity index (χ1v) is 4.39. The van der Waals surface area contributed by atoms with Gasteiger partial charge < -0.3 is 10.4 Å². The first kappa shape index (κ1) is 13.7. The minimum absolute atomic E-state index is 0.390. The summed E-state index contributed by atoms with van der Waals surface area (Å²) in [6.45, 7) is -0.748. The Morgan fingerprint density at radius 1 is 1.56 bits per heavy atom. The number of aromatic nitrogens is 1. The highest BCUT2D eigenvalue weighted by molar-refractivity contribution is 5.74. The molecule has 0 bridgehead atoms. The number of pyridine rings is 1. The average molecular weight is 265 g/mol. The minimum Gasteiger partial charge on any atom is -0.480 e. The molecule has 0 spiro atoms. The summed E-state index contributed by atoms with van der Waals surface area (Å²) in [6, 6.07) is 0.390. The fraction of sp³-hybridized carbons (Fsp3) is 0.250. The highest BCUT2D eigenvalue weighted by atomic mass is 19.4. The van der Waals surface area contributed by atoms with Crippen molar-refractivity contribution in [3.8, 4) is 0 Å². The number of hydrogen-bond acceptors (Lipinski definition) is 5. The van der Waals surface area contributed by atoms with Crippen molar-refractivity contribution < 1.29 is 28.0 Å². The van der Waals surface area contributed by atoms with E-state index < -0.39 is 40.7 Å². The number of rotatable bonds is 4. The van der Waals surface area contributed by atoms with E-state index in [9.17, 15) is 28.1 Å². The number of carboxylic acid groups (broad SMARTS) is 1. The molecule has 98 valence electrons. The molecule has 0 aromatic carbocycles. The molecule has 0 fully saturated rings. The Balaban J connectivity index is 3.15. The molecule has 7 nitrogen and oxygen atoms in total. The molecular formula is C8H6F3N3O4. The molecule has 1 aromatic rings. The van der Waals surface area contributed by atoms with Crippen molar-refractivity contribution in [1.82, 2.24) is 4.98 Å². The molecular weight excluding hydrogens is 259 g/mol. The lowest BCUT2D eigenvalue weighted by Crippen LogP contribution is -2.15. The monoisotopic (exact) mass is 265 g/mol. The predicted octanol–water partition coefficient (Wildman–Crippen LogP) is 1.51. The largest absolute Gasteiger partial charge is 0.480 e. The van der Waals surface area contributed by atoms with E-state index in [1.807, 2.05) is 5.32 Å². The van der Waals surface area contributed by atoms with Crippen LogP contribution in [-0.2, 0) is 11.0 Å². The Morgan fingerprint density at radius 3 is 2.61 bits per heavy atom. The molecule has 0 saturated carbocycles. The van der Waals surface area contributed by atoms with Gasteiger partial charge in [-0.25, -0.2) is 4.98 Å². The molecule has 1 heterocycles. The van der Waals surface area contributed by atoms with Gasteiger partial charge in [-0.3, -0.25) is 14.9 Å². The number of anilines is 1. The third-order valence-electron chi connectivity index (χ3n) is 1.80. The van der Waals surface area contributed by atoms with Crippen molar-refractivity contribution in [3.05, 3.63) is 28.1 Å². The Morgan fingerprint density at radius 2 is 2.17 bits per heavy atom. The average Bonchev–Trinajstić information content (AvgIpc) is 2.24. The summed E-state index contributed by atoms with van der Waals surface area (Å²) in [5.74, 6) is -1.37. The molecule has 18 heavy (non-hydrogen) atoms. The second-order valence-corrected chi connectivity index (χ2v) is 3.09. The van der Waals surface area contributed by atoms with Gasteiger partial charge in [0.05, 0.1) is 4.92 Å². The van der Waals surface area contributed by atoms with E-state index >= 15 is 0 Å².